The minimum atomic E-state index is 0.505. The molecular weight excluding hydrogens is 232 g/mol. The summed E-state index contributed by atoms with van der Waals surface area (Å²) in [6, 6.07) is 0.670. The number of rotatable bonds is 8. The summed E-state index contributed by atoms with van der Waals surface area (Å²) in [4.78, 5) is 2.43. The van der Waals surface area contributed by atoms with Gasteiger partial charge in [-0.2, -0.15) is 11.8 Å². The third-order valence-corrected chi connectivity index (χ3v) is 4.27. The van der Waals surface area contributed by atoms with Crippen LogP contribution in [-0.4, -0.2) is 62.3 Å². The van der Waals surface area contributed by atoms with Gasteiger partial charge in [0.05, 0.1) is 6.10 Å². The third kappa shape index (κ3) is 6.65. The second-order valence-electron chi connectivity index (χ2n) is 4.96. The molecule has 0 saturated carbocycles. The quantitative estimate of drug-likeness (QED) is 0.673. The lowest BCUT2D eigenvalue weighted by molar-refractivity contribution is 0.0278. The van der Waals surface area contributed by atoms with Crippen molar-refractivity contribution in [3.63, 3.8) is 0 Å². The van der Waals surface area contributed by atoms with E-state index in [0.29, 0.717) is 12.1 Å². The summed E-state index contributed by atoms with van der Waals surface area (Å²) in [6.45, 7) is 6.60. The Morgan fingerprint density at radius 3 is 2.76 bits per heavy atom. The van der Waals surface area contributed by atoms with E-state index in [0.717, 1.165) is 32.7 Å². The molecular formula is C13H28N2OS. The highest BCUT2D eigenvalue weighted by Crippen LogP contribution is 2.08. The summed E-state index contributed by atoms with van der Waals surface area (Å²) in [5.74, 6) is 1.21. The smallest absolute Gasteiger partial charge is 0.0599 e. The van der Waals surface area contributed by atoms with Crippen LogP contribution in [0.5, 0.6) is 0 Å². The normalized spacial score (nSPS) is 19.8. The second kappa shape index (κ2) is 9.20. The molecule has 102 valence electrons. The molecule has 3 nitrogen and oxygen atoms in total. The van der Waals surface area contributed by atoms with Crippen LogP contribution in [0, 0.1) is 0 Å². The zero-order valence-electron chi connectivity index (χ0n) is 11.6. The summed E-state index contributed by atoms with van der Waals surface area (Å²) in [6.07, 6.45) is 6.19. The molecule has 1 saturated heterocycles. The van der Waals surface area contributed by atoms with Gasteiger partial charge in [0.1, 0.15) is 0 Å². The average Bonchev–Trinajstić information content (AvgIpc) is 2.36. The molecule has 0 radical (unpaired) electrons. The highest BCUT2D eigenvalue weighted by molar-refractivity contribution is 7.98. The molecule has 1 atom stereocenters. The predicted octanol–water partition coefficient (Wildman–Crippen LogP) is 1.83. The first-order chi connectivity index (χ1) is 8.24. The lowest BCUT2D eigenvalue weighted by atomic mass is 10.1. The average molecular weight is 260 g/mol. The van der Waals surface area contributed by atoms with E-state index in [2.05, 4.69) is 30.4 Å². The van der Waals surface area contributed by atoms with Gasteiger partial charge >= 0.3 is 0 Å². The fourth-order valence-corrected chi connectivity index (χ4v) is 2.85. The summed E-state index contributed by atoms with van der Waals surface area (Å²) in [7, 11) is 2.21. The van der Waals surface area contributed by atoms with Gasteiger partial charge in [-0.3, -0.25) is 0 Å². The number of nitrogens with zero attached hydrogens (tertiary/aromatic N) is 1. The molecule has 1 heterocycles. The molecule has 0 aromatic carbocycles. The Kier molecular flexibility index (Phi) is 8.27. The van der Waals surface area contributed by atoms with Crippen molar-refractivity contribution >= 4 is 11.8 Å². The van der Waals surface area contributed by atoms with E-state index in [4.69, 9.17) is 4.74 Å². The van der Waals surface area contributed by atoms with E-state index < -0.39 is 0 Å². The Morgan fingerprint density at radius 2 is 2.12 bits per heavy atom. The number of nitrogens with one attached hydrogen (secondary N) is 1. The van der Waals surface area contributed by atoms with Crippen molar-refractivity contribution < 1.29 is 4.74 Å². The van der Waals surface area contributed by atoms with Crippen LogP contribution in [0.1, 0.15) is 26.2 Å². The molecule has 1 N–H and O–H groups in total. The van der Waals surface area contributed by atoms with E-state index in [1.807, 2.05) is 11.8 Å². The van der Waals surface area contributed by atoms with Crippen molar-refractivity contribution in [2.24, 2.45) is 0 Å². The van der Waals surface area contributed by atoms with Gasteiger partial charge in [-0.1, -0.05) is 0 Å². The predicted molar refractivity (Wildman–Crippen MR) is 76.9 cm³/mol. The summed E-state index contributed by atoms with van der Waals surface area (Å²) < 4.78 is 5.90. The van der Waals surface area contributed by atoms with Crippen molar-refractivity contribution in [3.8, 4) is 0 Å². The molecule has 4 heteroatoms. The minimum Gasteiger partial charge on any atom is -0.378 e. The molecule has 0 aromatic rings. The van der Waals surface area contributed by atoms with Crippen LogP contribution in [-0.2, 0) is 4.74 Å². The number of ether oxygens (including phenoxy) is 1. The van der Waals surface area contributed by atoms with Crippen molar-refractivity contribution in [1.82, 2.24) is 10.2 Å². The van der Waals surface area contributed by atoms with E-state index >= 15 is 0 Å². The van der Waals surface area contributed by atoms with E-state index in [-0.39, 0.29) is 0 Å². The Balaban J connectivity index is 1.99. The van der Waals surface area contributed by atoms with Gasteiger partial charge in [0, 0.05) is 24.9 Å². The van der Waals surface area contributed by atoms with E-state index in [9.17, 15) is 0 Å². The van der Waals surface area contributed by atoms with Gasteiger partial charge in [0.2, 0.25) is 0 Å². The monoisotopic (exact) mass is 260 g/mol. The number of hydrogen-bond acceptors (Lipinski definition) is 4. The molecule has 0 spiro atoms. The lowest BCUT2D eigenvalue weighted by Gasteiger charge is -2.25. The zero-order chi connectivity index (χ0) is 12.5. The van der Waals surface area contributed by atoms with Gasteiger partial charge in [0.15, 0.2) is 0 Å². The number of hydrogen-bond donors (Lipinski definition) is 1. The van der Waals surface area contributed by atoms with Crippen LogP contribution in [0.3, 0.4) is 0 Å². The summed E-state index contributed by atoms with van der Waals surface area (Å²) in [5, 5.41) is 3.36. The summed E-state index contributed by atoms with van der Waals surface area (Å²) >= 11 is 1.92. The van der Waals surface area contributed by atoms with Gasteiger partial charge in [0.25, 0.3) is 0 Å². The molecule has 1 aliphatic heterocycles. The molecule has 1 rings (SSSR count). The Labute approximate surface area is 111 Å². The fraction of sp³-hybridized carbons (Fsp3) is 1.00. The molecule has 0 aromatic heterocycles. The standard InChI is InChI=1S/C13H28N2OS/c1-12(11-17-3)15(2)9-4-10-16-13-5-7-14-8-6-13/h12-14H,4-11H2,1-3H3. The van der Waals surface area contributed by atoms with Gasteiger partial charge < -0.3 is 15.0 Å². The lowest BCUT2D eigenvalue weighted by Crippen LogP contribution is -2.34. The molecule has 1 fully saturated rings. The Hall–Kier alpha value is 0.230. The number of piperidine rings is 1. The molecule has 1 unspecified atom stereocenters. The molecule has 0 amide bonds. The van der Waals surface area contributed by atoms with Crippen LogP contribution in [0.2, 0.25) is 0 Å². The van der Waals surface area contributed by atoms with Gasteiger partial charge in [-0.05, 0) is 52.6 Å². The topological polar surface area (TPSA) is 24.5 Å². The molecule has 1 aliphatic rings. The van der Waals surface area contributed by atoms with E-state index in [1.165, 1.54) is 18.6 Å². The van der Waals surface area contributed by atoms with Gasteiger partial charge in [-0.25, -0.2) is 0 Å². The minimum absolute atomic E-state index is 0.505. The maximum absolute atomic E-state index is 5.90. The SMILES string of the molecule is CSCC(C)N(C)CCCOC1CCNCC1. The second-order valence-corrected chi connectivity index (χ2v) is 5.87. The van der Waals surface area contributed by atoms with Gasteiger partial charge in [-0.15, -0.1) is 0 Å². The highest BCUT2D eigenvalue weighted by atomic mass is 32.2. The largest absolute Gasteiger partial charge is 0.378 e. The number of thioether (sulfide) groups is 1. The summed E-state index contributed by atoms with van der Waals surface area (Å²) in [5.41, 5.74) is 0. The van der Waals surface area contributed by atoms with Crippen molar-refractivity contribution in [1.29, 1.82) is 0 Å². The van der Waals surface area contributed by atoms with Crippen molar-refractivity contribution in [2.45, 2.75) is 38.3 Å². The molecule has 0 bridgehead atoms. The molecule has 0 aliphatic carbocycles. The third-order valence-electron chi connectivity index (χ3n) is 3.46. The molecule has 17 heavy (non-hydrogen) atoms. The Morgan fingerprint density at radius 1 is 1.41 bits per heavy atom. The van der Waals surface area contributed by atoms with E-state index in [1.54, 1.807) is 0 Å². The van der Waals surface area contributed by atoms with Crippen LogP contribution in [0.4, 0.5) is 0 Å². The zero-order valence-corrected chi connectivity index (χ0v) is 12.4. The Bertz CT molecular complexity index is 186. The fourth-order valence-electron chi connectivity index (χ4n) is 2.11. The van der Waals surface area contributed by atoms with Crippen molar-refractivity contribution in [2.75, 3.05) is 45.3 Å². The van der Waals surface area contributed by atoms with Crippen LogP contribution < -0.4 is 5.32 Å². The van der Waals surface area contributed by atoms with Crippen LogP contribution >= 0.6 is 11.8 Å². The first-order valence-corrected chi connectivity index (χ1v) is 8.15. The first-order valence-electron chi connectivity index (χ1n) is 6.75. The van der Waals surface area contributed by atoms with Crippen LogP contribution in [0.25, 0.3) is 0 Å². The maximum atomic E-state index is 5.90. The first kappa shape index (κ1) is 15.3. The maximum Gasteiger partial charge on any atom is 0.0599 e. The highest BCUT2D eigenvalue weighted by Gasteiger charge is 2.13. The van der Waals surface area contributed by atoms with Crippen molar-refractivity contribution in [3.05, 3.63) is 0 Å². The van der Waals surface area contributed by atoms with Crippen LogP contribution in [0.15, 0.2) is 0 Å².